The molecule has 2 rings (SSSR count). The number of halogens is 2. The molecule has 2 aromatic rings. The van der Waals surface area contributed by atoms with Crippen molar-refractivity contribution in [3.8, 4) is 0 Å². The fraction of sp³-hybridized carbons (Fsp3) is 0. The molecule has 1 aromatic carbocycles. The van der Waals surface area contributed by atoms with Gasteiger partial charge in [0.15, 0.2) is 0 Å². The average molecular weight is 314 g/mol. The number of fused-ring (bicyclic) bond motifs is 1. The topological polar surface area (TPSA) is 25.8 Å². The van der Waals surface area contributed by atoms with E-state index in [1.54, 1.807) is 12.4 Å². The van der Waals surface area contributed by atoms with Crippen molar-refractivity contribution >= 4 is 35.0 Å². The van der Waals surface area contributed by atoms with Gasteiger partial charge < -0.3 is 0 Å². The van der Waals surface area contributed by atoms with Crippen LogP contribution in [-0.2, 0) is 13.5 Å². The molecular weight excluding hydrogens is 308 g/mol. The molecule has 74 valence electrons. The second kappa shape index (κ2) is 4.44. The second-order valence-corrected chi connectivity index (χ2v) is 8.30. The third-order valence-electron chi connectivity index (χ3n) is 1.72. The molecule has 0 bridgehead atoms. The van der Waals surface area contributed by atoms with Gasteiger partial charge in [-0.15, -0.1) is 0 Å². The summed E-state index contributed by atoms with van der Waals surface area (Å²) in [6.45, 7) is 0. The molecule has 0 N–H and O–H groups in total. The van der Waals surface area contributed by atoms with Gasteiger partial charge in [-0.05, 0) is 0 Å². The fourth-order valence-corrected chi connectivity index (χ4v) is 2.98. The van der Waals surface area contributed by atoms with Crippen molar-refractivity contribution in [2.24, 2.45) is 0 Å². The number of para-hydroxylation sites is 1. The van der Waals surface area contributed by atoms with Crippen LogP contribution < -0.4 is 0 Å². The van der Waals surface area contributed by atoms with Gasteiger partial charge in [-0.3, -0.25) is 0 Å². The third-order valence-corrected chi connectivity index (χ3v) is 3.55. The summed E-state index contributed by atoms with van der Waals surface area (Å²) in [5, 5.41) is 0. The summed E-state index contributed by atoms with van der Waals surface area (Å²) in [4.78, 5) is 8.44. The first-order valence-electron chi connectivity index (χ1n) is 3.80. The van der Waals surface area contributed by atoms with Crippen LogP contribution >= 0.6 is 19.4 Å². The van der Waals surface area contributed by atoms with E-state index in [-0.39, 0.29) is 0 Å². The Labute approximate surface area is 94.4 Å². The van der Waals surface area contributed by atoms with Crippen LogP contribution in [0.5, 0.6) is 0 Å². The molecule has 0 aliphatic heterocycles. The number of aromatic nitrogens is 2. The third kappa shape index (κ3) is 2.17. The van der Waals surface area contributed by atoms with Gasteiger partial charge in [0, 0.05) is 0 Å². The molecule has 14 heavy (non-hydrogen) atoms. The van der Waals surface area contributed by atoms with E-state index >= 15 is 0 Å². The van der Waals surface area contributed by atoms with Gasteiger partial charge in [-0.2, -0.15) is 0 Å². The predicted molar refractivity (Wildman–Crippen MR) is 56.4 cm³/mol. The van der Waals surface area contributed by atoms with Gasteiger partial charge in [-0.1, -0.05) is 0 Å². The monoisotopic (exact) mass is 314 g/mol. The Bertz CT molecular complexity index is 490. The SMILES string of the molecule is [Cl][Ru]([Cl])=[CH]c1cccc2nccnc12. The molecule has 0 saturated heterocycles. The molecule has 0 saturated carbocycles. The van der Waals surface area contributed by atoms with Crippen molar-refractivity contribution in [1.82, 2.24) is 9.97 Å². The van der Waals surface area contributed by atoms with Crippen LogP contribution in [0.4, 0.5) is 0 Å². The van der Waals surface area contributed by atoms with Gasteiger partial charge in [0.05, 0.1) is 0 Å². The summed E-state index contributed by atoms with van der Waals surface area (Å²) in [6.07, 6.45) is 3.34. The van der Waals surface area contributed by atoms with E-state index in [1.807, 2.05) is 22.8 Å². The Hall–Kier alpha value is -0.367. The normalized spacial score (nSPS) is 11.4. The molecule has 0 atom stereocenters. The first-order valence-corrected chi connectivity index (χ1v) is 9.28. The maximum atomic E-state index is 5.82. The Balaban J connectivity index is 2.71. The Morgan fingerprint density at radius 3 is 2.71 bits per heavy atom. The fourth-order valence-electron chi connectivity index (χ4n) is 1.18. The van der Waals surface area contributed by atoms with Crippen LogP contribution in [0.25, 0.3) is 11.0 Å². The molecule has 5 heteroatoms. The van der Waals surface area contributed by atoms with Gasteiger partial charge in [0.2, 0.25) is 0 Å². The summed E-state index contributed by atoms with van der Waals surface area (Å²) in [5.74, 6) is 0. The Morgan fingerprint density at radius 2 is 1.93 bits per heavy atom. The van der Waals surface area contributed by atoms with Crippen molar-refractivity contribution in [3.63, 3.8) is 0 Å². The van der Waals surface area contributed by atoms with E-state index in [2.05, 4.69) is 9.97 Å². The summed E-state index contributed by atoms with van der Waals surface area (Å²) >= 11 is -1.79. The van der Waals surface area contributed by atoms with Crippen LogP contribution in [0.1, 0.15) is 5.56 Å². The number of nitrogens with zero attached hydrogens (tertiary/aromatic N) is 2. The Kier molecular flexibility index (Phi) is 3.22. The van der Waals surface area contributed by atoms with Gasteiger partial charge >= 0.3 is 94.7 Å². The minimum atomic E-state index is -1.79. The zero-order chi connectivity index (χ0) is 9.97. The standard InChI is InChI=1S/C9H6N2.2ClH.Ru/c1-7-3-2-4-8-9(7)11-6-5-10-8;;;/h1-6H;2*1H;/q;;;+2/p-2. The quantitative estimate of drug-likeness (QED) is 0.757. The number of benzene rings is 1. The first kappa shape index (κ1) is 10.2. The van der Waals surface area contributed by atoms with E-state index < -0.39 is 13.5 Å². The first-order chi connectivity index (χ1) is 6.77. The molecule has 0 aliphatic rings. The predicted octanol–water partition coefficient (Wildman–Crippen LogP) is 2.71. The van der Waals surface area contributed by atoms with Crippen molar-refractivity contribution < 1.29 is 13.5 Å². The van der Waals surface area contributed by atoms with E-state index in [9.17, 15) is 0 Å². The summed E-state index contributed by atoms with van der Waals surface area (Å²) in [7, 11) is 11.6. The molecule has 1 heterocycles. The van der Waals surface area contributed by atoms with Crippen LogP contribution in [-0.4, -0.2) is 14.6 Å². The van der Waals surface area contributed by atoms with E-state index in [0.717, 1.165) is 16.6 Å². The van der Waals surface area contributed by atoms with E-state index in [4.69, 9.17) is 19.4 Å². The second-order valence-electron chi connectivity index (χ2n) is 2.58. The molecule has 0 spiro atoms. The number of hydrogen-bond acceptors (Lipinski definition) is 2. The van der Waals surface area contributed by atoms with Crippen LogP contribution in [0, 0.1) is 0 Å². The molecular formula is C9H6Cl2N2Ru. The van der Waals surface area contributed by atoms with Gasteiger partial charge in [0.1, 0.15) is 0 Å². The maximum absolute atomic E-state index is 5.82. The molecule has 0 unspecified atom stereocenters. The molecule has 0 fully saturated rings. The average Bonchev–Trinajstić information content (AvgIpc) is 2.18. The van der Waals surface area contributed by atoms with Gasteiger partial charge in [0.25, 0.3) is 0 Å². The van der Waals surface area contributed by atoms with Crippen molar-refractivity contribution in [1.29, 1.82) is 0 Å². The molecule has 0 amide bonds. The van der Waals surface area contributed by atoms with E-state index in [0.29, 0.717) is 0 Å². The Morgan fingerprint density at radius 1 is 1.14 bits per heavy atom. The van der Waals surface area contributed by atoms with Crippen LogP contribution in [0.2, 0.25) is 0 Å². The number of rotatable bonds is 1. The molecule has 2 nitrogen and oxygen atoms in total. The minimum absolute atomic E-state index is 0.856. The summed E-state index contributed by atoms with van der Waals surface area (Å²) < 4.78 is 1.88. The van der Waals surface area contributed by atoms with Gasteiger partial charge in [-0.25, -0.2) is 0 Å². The molecule has 1 aromatic heterocycles. The van der Waals surface area contributed by atoms with Crippen molar-refractivity contribution in [2.45, 2.75) is 0 Å². The zero-order valence-electron chi connectivity index (χ0n) is 6.97. The van der Waals surface area contributed by atoms with Crippen molar-refractivity contribution in [2.75, 3.05) is 0 Å². The van der Waals surface area contributed by atoms with E-state index in [1.165, 1.54) is 0 Å². The molecule has 0 radical (unpaired) electrons. The zero-order valence-corrected chi connectivity index (χ0v) is 10.2. The van der Waals surface area contributed by atoms with Crippen LogP contribution in [0.3, 0.4) is 0 Å². The van der Waals surface area contributed by atoms with Crippen molar-refractivity contribution in [3.05, 3.63) is 36.2 Å². The summed E-state index contributed by atoms with van der Waals surface area (Å²) in [6, 6.07) is 5.79. The summed E-state index contributed by atoms with van der Waals surface area (Å²) in [5.41, 5.74) is 2.69. The van der Waals surface area contributed by atoms with Crippen LogP contribution in [0.15, 0.2) is 30.6 Å². The number of hydrogen-bond donors (Lipinski definition) is 0. The molecule has 0 aliphatic carbocycles.